The maximum Gasteiger partial charge on any atom is 0.341 e. The summed E-state index contributed by atoms with van der Waals surface area (Å²) in [5.41, 5.74) is 2.61. The second-order valence-corrected chi connectivity index (χ2v) is 8.91. The molecule has 0 saturated heterocycles. The lowest BCUT2D eigenvalue weighted by Gasteiger charge is -2.12. The van der Waals surface area contributed by atoms with E-state index >= 15 is 0 Å². The largest absolute Gasteiger partial charge is 0.462 e. The number of thiophene rings is 1. The van der Waals surface area contributed by atoms with Gasteiger partial charge < -0.3 is 15.0 Å². The Morgan fingerprint density at radius 1 is 1.07 bits per heavy atom. The van der Waals surface area contributed by atoms with E-state index in [0.29, 0.717) is 22.7 Å². The highest BCUT2D eigenvalue weighted by Gasteiger charge is 2.27. The van der Waals surface area contributed by atoms with Crippen molar-refractivity contribution in [1.29, 1.82) is 0 Å². The predicted molar refractivity (Wildman–Crippen MR) is 125 cm³/mol. The highest BCUT2D eigenvalue weighted by Crippen LogP contribution is 2.42. The molecule has 5 nitrogen and oxygen atoms in total. The van der Waals surface area contributed by atoms with E-state index in [0.717, 1.165) is 20.5 Å². The Labute approximate surface area is 188 Å². The monoisotopic (exact) mass is 486 g/mol. The molecular weight excluding hydrogens is 464 g/mol. The highest BCUT2D eigenvalue weighted by atomic mass is 79.9. The molecule has 2 aromatic carbocycles. The fraction of sp³-hybridized carbons (Fsp3) is 0.217. The van der Waals surface area contributed by atoms with E-state index in [9.17, 15) is 9.59 Å². The van der Waals surface area contributed by atoms with E-state index in [-0.39, 0.29) is 12.5 Å². The molecule has 1 amide bonds. The topological polar surface area (TPSA) is 58.6 Å². The molecule has 0 radical (unpaired) electrons. The number of ether oxygens (including phenoxy) is 1. The van der Waals surface area contributed by atoms with Gasteiger partial charge in [0.2, 0.25) is 0 Å². The minimum Gasteiger partial charge on any atom is -0.462 e. The van der Waals surface area contributed by atoms with Crippen molar-refractivity contribution < 1.29 is 14.3 Å². The summed E-state index contributed by atoms with van der Waals surface area (Å²) in [7, 11) is 3.94. The van der Waals surface area contributed by atoms with E-state index in [1.54, 1.807) is 31.2 Å². The van der Waals surface area contributed by atoms with Gasteiger partial charge in [-0.15, -0.1) is 11.3 Å². The van der Waals surface area contributed by atoms with E-state index < -0.39 is 5.97 Å². The normalized spacial score (nSPS) is 10.8. The number of esters is 1. The quantitative estimate of drug-likeness (QED) is 0.437. The van der Waals surface area contributed by atoms with Crippen molar-refractivity contribution in [2.45, 2.75) is 13.5 Å². The number of carbonyl (C=O) groups is 2. The molecule has 30 heavy (non-hydrogen) atoms. The van der Waals surface area contributed by atoms with Crippen LogP contribution >= 0.6 is 27.3 Å². The lowest BCUT2D eigenvalue weighted by atomic mass is 10.0. The summed E-state index contributed by atoms with van der Waals surface area (Å²) >= 11 is 4.86. The van der Waals surface area contributed by atoms with Gasteiger partial charge in [-0.2, -0.15) is 0 Å². The fourth-order valence-electron chi connectivity index (χ4n) is 3.05. The van der Waals surface area contributed by atoms with Crippen LogP contribution < -0.4 is 5.32 Å². The Morgan fingerprint density at radius 3 is 2.33 bits per heavy atom. The average molecular weight is 487 g/mol. The smallest absolute Gasteiger partial charge is 0.341 e. The Kier molecular flexibility index (Phi) is 7.42. The summed E-state index contributed by atoms with van der Waals surface area (Å²) in [5, 5.41) is 3.43. The SMILES string of the molecule is CCOC(=O)c1c(NC(=O)c2ccccc2)sc(CN(C)C)c1-c1ccc(Br)cc1. The molecule has 3 rings (SSSR count). The van der Waals surface area contributed by atoms with Crippen LogP contribution in [-0.2, 0) is 11.3 Å². The Hall–Kier alpha value is -2.48. The van der Waals surface area contributed by atoms with Crippen molar-refractivity contribution in [2.24, 2.45) is 0 Å². The van der Waals surface area contributed by atoms with Gasteiger partial charge in [0.25, 0.3) is 5.91 Å². The highest BCUT2D eigenvalue weighted by molar-refractivity contribution is 9.10. The molecule has 0 bridgehead atoms. The predicted octanol–water partition coefficient (Wildman–Crippen LogP) is 5.67. The second-order valence-electron chi connectivity index (χ2n) is 6.89. The molecule has 0 unspecified atom stereocenters. The van der Waals surface area contributed by atoms with Crippen LogP contribution in [-0.4, -0.2) is 37.5 Å². The standard InChI is InChI=1S/C23H23BrN2O3S/c1-4-29-23(28)20-19(15-10-12-17(24)13-11-15)18(14-26(2)3)30-22(20)25-21(27)16-8-6-5-7-9-16/h5-13H,4,14H2,1-3H3,(H,25,27). The lowest BCUT2D eigenvalue weighted by Crippen LogP contribution is -2.15. The third kappa shape index (κ3) is 5.16. The summed E-state index contributed by atoms with van der Waals surface area (Å²) in [5.74, 6) is -0.707. The van der Waals surface area contributed by atoms with Crippen molar-refractivity contribution in [1.82, 2.24) is 4.90 Å². The van der Waals surface area contributed by atoms with Crippen LogP contribution in [0.3, 0.4) is 0 Å². The van der Waals surface area contributed by atoms with Crippen LogP contribution in [0.2, 0.25) is 0 Å². The van der Waals surface area contributed by atoms with Crippen molar-refractivity contribution >= 4 is 44.1 Å². The van der Waals surface area contributed by atoms with Crippen LogP contribution in [0.25, 0.3) is 11.1 Å². The fourth-order valence-corrected chi connectivity index (χ4v) is 4.64. The molecule has 0 fully saturated rings. The minimum absolute atomic E-state index is 0.254. The first kappa shape index (κ1) is 22.2. The van der Waals surface area contributed by atoms with E-state index in [4.69, 9.17) is 4.74 Å². The first-order valence-corrected chi connectivity index (χ1v) is 11.1. The number of benzene rings is 2. The van der Waals surface area contributed by atoms with Gasteiger partial charge in [0, 0.05) is 27.0 Å². The van der Waals surface area contributed by atoms with Crippen LogP contribution in [0, 0.1) is 0 Å². The first-order chi connectivity index (χ1) is 14.4. The Bertz CT molecular complexity index is 1030. The minimum atomic E-state index is -0.444. The maximum absolute atomic E-state index is 13.0. The number of hydrogen-bond acceptors (Lipinski definition) is 5. The molecule has 1 aromatic heterocycles. The molecule has 156 valence electrons. The number of carbonyl (C=O) groups excluding carboxylic acids is 2. The number of anilines is 1. The van der Waals surface area contributed by atoms with Crippen LogP contribution in [0.15, 0.2) is 59.1 Å². The summed E-state index contributed by atoms with van der Waals surface area (Å²) in [6.45, 7) is 2.65. The number of halogens is 1. The van der Waals surface area contributed by atoms with Crippen molar-refractivity contribution in [3.05, 3.63) is 75.1 Å². The van der Waals surface area contributed by atoms with Crippen LogP contribution in [0.5, 0.6) is 0 Å². The molecular formula is C23H23BrN2O3S. The number of rotatable bonds is 7. The van der Waals surface area contributed by atoms with Crippen molar-refractivity contribution in [3.63, 3.8) is 0 Å². The number of nitrogens with one attached hydrogen (secondary N) is 1. The summed E-state index contributed by atoms with van der Waals surface area (Å²) in [6.07, 6.45) is 0. The third-order valence-corrected chi connectivity index (χ3v) is 5.94. The molecule has 0 aliphatic rings. The van der Waals surface area contributed by atoms with Crippen molar-refractivity contribution in [3.8, 4) is 11.1 Å². The van der Waals surface area contributed by atoms with Crippen LogP contribution in [0.4, 0.5) is 5.00 Å². The lowest BCUT2D eigenvalue weighted by molar-refractivity contribution is 0.0529. The average Bonchev–Trinajstić information content (AvgIpc) is 3.06. The van der Waals surface area contributed by atoms with Gasteiger partial charge in [-0.3, -0.25) is 4.79 Å². The second kappa shape index (κ2) is 10.0. The first-order valence-electron chi connectivity index (χ1n) is 9.50. The third-order valence-electron chi connectivity index (χ3n) is 4.32. The van der Waals surface area contributed by atoms with Gasteiger partial charge in [0.1, 0.15) is 10.6 Å². The zero-order valence-corrected chi connectivity index (χ0v) is 19.5. The van der Waals surface area contributed by atoms with Gasteiger partial charge in [0.15, 0.2) is 0 Å². The van der Waals surface area contributed by atoms with Gasteiger partial charge >= 0.3 is 5.97 Å². The van der Waals surface area contributed by atoms with Gasteiger partial charge in [0.05, 0.1) is 6.61 Å². The Morgan fingerprint density at radius 2 is 1.73 bits per heavy atom. The molecule has 1 heterocycles. The number of hydrogen-bond donors (Lipinski definition) is 1. The molecule has 0 spiro atoms. The number of nitrogens with zero attached hydrogens (tertiary/aromatic N) is 1. The van der Waals surface area contributed by atoms with E-state index in [1.165, 1.54) is 11.3 Å². The molecule has 1 N–H and O–H groups in total. The van der Waals surface area contributed by atoms with E-state index in [2.05, 4.69) is 21.2 Å². The summed E-state index contributed by atoms with van der Waals surface area (Å²) in [6, 6.07) is 16.7. The molecule has 7 heteroatoms. The molecule has 0 saturated carbocycles. The summed E-state index contributed by atoms with van der Waals surface area (Å²) < 4.78 is 6.30. The van der Waals surface area contributed by atoms with Crippen LogP contribution in [0.1, 0.15) is 32.5 Å². The maximum atomic E-state index is 13.0. The molecule has 0 atom stereocenters. The van der Waals surface area contributed by atoms with Gasteiger partial charge in [-0.05, 0) is 50.8 Å². The molecule has 3 aromatic rings. The van der Waals surface area contributed by atoms with Gasteiger partial charge in [-0.25, -0.2) is 4.79 Å². The van der Waals surface area contributed by atoms with E-state index in [1.807, 2.05) is 49.3 Å². The summed E-state index contributed by atoms with van der Waals surface area (Å²) in [4.78, 5) is 28.8. The van der Waals surface area contributed by atoms with Gasteiger partial charge in [-0.1, -0.05) is 46.3 Å². The zero-order chi connectivity index (χ0) is 21.7. The Balaban J connectivity index is 2.14. The molecule has 0 aliphatic carbocycles. The van der Waals surface area contributed by atoms with Crippen molar-refractivity contribution in [2.75, 3.05) is 26.0 Å². The molecule has 0 aliphatic heterocycles. The number of amides is 1. The zero-order valence-electron chi connectivity index (χ0n) is 17.1.